The molecule has 14 heavy (non-hydrogen) atoms. The van der Waals surface area contributed by atoms with Crippen molar-refractivity contribution in [2.45, 2.75) is 17.9 Å². The standard InChI is InChI=1S/C10H12O3S/c1-6-3-4-7(14-2)5-8(6)9(11)10(12)13/h3-5,9,11H,1-2H3,(H,12,13). The number of hydrogen-bond donors (Lipinski definition) is 2. The lowest BCUT2D eigenvalue weighted by Gasteiger charge is -2.10. The predicted molar refractivity (Wildman–Crippen MR) is 55.6 cm³/mol. The van der Waals surface area contributed by atoms with Gasteiger partial charge in [0.25, 0.3) is 0 Å². The summed E-state index contributed by atoms with van der Waals surface area (Å²) in [5.41, 5.74) is 1.25. The Kier molecular flexibility index (Phi) is 3.55. The summed E-state index contributed by atoms with van der Waals surface area (Å²) in [4.78, 5) is 11.5. The first-order valence-electron chi connectivity index (χ1n) is 4.11. The molecule has 1 unspecified atom stereocenters. The van der Waals surface area contributed by atoms with Crippen LogP contribution in [0, 0.1) is 6.92 Å². The summed E-state index contributed by atoms with van der Waals surface area (Å²) >= 11 is 1.52. The zero-order valence-electron chi connectivity index (χ0n) is 8.02. The van der Waals surface area contributed by atoms with Gasteiger partial charge in [-0.25, -0.2) is 4.79 Å². The monoisotopic (exact) mass is 212 g/mol. The van der Waals surface area contributed by atoms with Gasteiger partial charge >= 0.3 is 5.97 Å². The maximum Gasteiger partial charge on any atom is 0.337 e. The first kappa shape index (κ1) is 11.1. The maximum absolute atomic E-state index is 10.6. The highest BCUT2D eigenvalue weighted by Crippen LogP contribution is 2.24. The van der Waals surface area contributed by atoms with Crippen molar-refractivity contribution in [1.82, 2.24) is 0 Å². The molecule has 0 spiro atoms. The van der Waals surface area contributed by atoms with Gasteiger partial charge in [-0.05, 0) is 36.4 Å². The van der Waals surface area contributed by atoms with Crippen LogP contribution in [-0.4, -0.2) is 22.4 Å². The number of carbonyl (C=O) groups is 1. The SMILES string of the molecule is CSc1ccc(C)c(C(O)C(=O)O)c1. The summed E-state index contributed by atoms with van der Waals surface area (Å²) < 4.78 is 0. The van der Waals surface area contributed by atoms with E-state index in [4.69, 9.17) is 5.11 Å². The maximum atomic E-state index is 10.6. The van der Waals surface area contributed by atoms with Crippen LogP contribution in [0.1, 0.15) is 17.2 Å². The van der Waals surface area contributed by atoms with Crippen LogP contribution >= 0.6 is 11.8 Å². The summed E-state index contributed by atoms with van der Waals surface area (Å²) in [6, 6.07) is 5.42. The molecule has 0 amide bonds. The molecule has 1 aromatic carbocycles. The third-order valence-electron chi connectivity index (χ3n) is 2.01. The Morgan fingerprint density at radius 3 is 2.64 bits per heavy atom. The molecule has 76 valence electrons. The predicted octanol–water partition coefficient (Wildman–Crippen LogP) is 1.83. The van der Waals surface area contributed by atoms with Crippen LogP contribution in [0.4, 0.5) is 0 Å². The molecule has 0 aliphatic heterocycles. The average molecular weight is 212 g/mol. The van der Waals surface area contributed by atoms with Crippen LogP contribution in [-0.2, 0) is 4.79 Å². The summed E-state index contributed by atoms with van der Waals surface area (Å²) in [5, 5.41) is 18.1. The molecule has 0 aliphatic carbocycles. The average Bonchev–Trinajstić information content (AvgIpc) is 2.17. The van der Waals surface area contributed by atoms with E-state index in [1.807, 2.05) is 18.4 Å². The minimum absolute atomic E-state index is 0.462. The fourth-order valence-electron chi connectivity index (χ4n) is 1.17. The molecule has 0 saturated carbocycles. The van der Waals surface area contributed by atoms with E-state index < -0.39 is 12.1 Å². The van der Waals surface area contributed by atoms with E-state index in [-0.39, 0.29) is 0 Å². The van der Waals surface area contributed by atoms with E-state index in [2.05, 4.69) is 0 Å². The second-order valence-corrected chi connectivity index (χ2v) is 3.84. The number of carboxylic acid groups (broad SMARTS) is 1. The molecule has 0 aliphatic rings. The molecule has 0 heterocycles. The van der Waals surface area contributed by atoms with Crippen LogP contribution in [0.3, 0.4) is 0 Å². The number of rotatable bonds is 3. The quantitative estimate of drug-likeness (QED) is 0.750. The van der Waals surface area contributed by atoms with Gasteiger partial charge in [-0.1, -0.05) is 6.07 Å². The van der Waals surface area contributed by atoms with Gasteiger partial charge in [-0.3, -0.25) is 0 Å². The fourth-order valence-corrected chi connectivity index (χ4v) is 1.62. The first-order chi connectivity index (χ1) is 6.56. The second-order valence-electron chi connectivity index (χ2n) is 2.96. The number of aliphatic hydroxyl groups is 1. The molecular formula is C10H12O3S. The van der Waals surface area contributed by atoms with Crippen molar-refractivity contribution in [3.05, 3.63) is 29.3 Å². The van der Waals surface area contributed by atoms with E-state index in [9.17, 15) is 9.90 Å². The molecule has 0 aromatic heterocycles. The molecular weight excluding hydrogens is 200 g/mol. The third-order valence-corrected chi connectivity index (χ3v) is 2.74. The van der Waals surface area contributed by atoms with Crippen molar-refractivity contribution >= 4 is 17.7 Å². The van der Waals surface area contributed by atoms with E-state index >= 15 is 0 Å². The molecule has 1 rings (SSSR count). The van der Waals surface area contributed by atoms with Crippen molar-refractivity contribution in [3.8, 4) is 0 Å². The van der Waals surface area contributed by atoms with Gasteiger partial charge in [0.2, 0.25) is 0 Å². The zero-order chi connectivity index (χ0) is 10.7. The van der Waals surface area contributed by atoms with Gasteiger partial charge in [0.1, 0.15) is 0 Å². The molecule has 1 atom stereocenters. The number of hydrogen-bond acceptors (Lipinski definition) is 3. The van der Waals surface area contributed by atoms with Gasteiger partial charge in [0, 0.05) is 4.90 Å². The van der Waals surface area contributed by atoms with Crippen molar-refractivity contribution in [2.75, 3.05) is 6.26 Å². The van der Waals surface area contributed by atoms with Gasteiger partial charge in [-0.15, -0.1) is 11.8 Å². The van der Waals surface area contributed by atoms with E-state index in [1.54, 1.807) is 13.0 Å². The van der Waals surface area contributed by atoms with Crippen molar-refractivity contribution in [2.24, 2.45) is 0 Å². The lowest BCUT2D eigenvalue weighted by Crippen LogP contribution is -2.11. The van der Waals surface area contributed by atoms with E-state index in [1.165, 1.54) is 11.8 Å². The number of aryl methyl sites for hydroxylation is 1. The molecule has 3 nitrogen and oxygen atoms in total. The molecule has 2 N–H and O–H groups in total. The third kappa shape index (κ3) is 2.27. The van der Waals surface area contributed by atoms with Crippen molar-refractivity contribution in [1.29, 1.82) is 0 Å². The Bertz CT molecular complexity index is 349. The van der Waals surface area contributed by atoms with E-state index in [0.29, 0.717) is 5.56 Å². The summed E-state index contributed by atoms with van der Waals surface area (Å²) in [6.07, 6.45) is 0.476. The highest BCUT2D eigenvalue weighted by atomic mass is 32.2. The molecule has 4 heteroatoms. The smallest absolute Gasteiger partial charge is 0.337 e. The van der Waals surface area contributed by atoms with Gasteiger partial charge in [0.05, 0.1) is 0 Å². The summed E-state index contributed by atoms with van der Waals surface area (Å²) in [5.74, 6) is -1.22. The van der Waals surface area contributed by atoms with Crippen LogP contribution in [0.2, 0.25) is 0 Å². The Morgan fingerprint density at radius 1 is 1.50 bits per heavy atom. The van der Waals surface area contributed by atoms with E-state index in [0.717, 1.165) is 10.5 Å². The van der Waals surface area contributed by atoms with Crippen LogP contribution in [0.5, 0.6) is 0 Å². The number of carboxylic acids is 1. The number of thioether (sulfide) groups is 1. The topological polar surface area (TPSA) is 57.5 Å². The highest BCUT2D eigenvalue weighted by Gasteiger charge is 2.18. The van der Waals surface area contributed by atoms with Crippen LogP contribution < -0.4 is 0 Å². The number of benzene rings is 1. The minimum Gasteiger partial charge on any atom is -0.479 e. The molecule has 0 radical (unpaired) electrons. The molecule has 0 fully saturated rings. The normalized spacial score (nSPS) is 12.5. The van der Waals surface area contributed by atoms with Gasteiger partial charge in [-0.2, -0.15) is 0 Å². The van der Waals surface area contributed by atoms with Crippen LogP contribution in [0.15, 0.2) is 23.1 Å². The Balaban J connectivity index is 3.11. The lowest BCUT2D eigenvalue weighted by molar-refractivity contribution is -0.147. The lowest BCUT2D eigenvalue weighted by atomic mass is 10.0. The summed E-state index contributed by atoms with van der Waals surface area (Å²) in [7, 11) is 0. The van der Waals surface area contributed by atoms with Crippen molar-refractivity contribution < 1.29 is 15.0 Å². The highest BCUT2D eigenvalue weighted by molar-refractivity contribution is 7.98. The molecule has 0 saturated heterocycles. The first-order valence-corrected chi connectivity index (χ1v) is 5.34. The molecule has 1 aromatic rings. The number of aliphatic carboxylic acids is 1. The van der Waals surface area contributed by atoms with Gasteiger partial charge < -0.3 is 10.2 Å². The Labute approximate surface area is 86.8 Å². The van der Waals surface area contributed by atoms with Crippen molar-refractivity contribution in [3.63, 3.8) is 0 Å². The van der Waals surface area contributed by atoms with Crippen LogP contribution in [0.25, 0.3) is 0 Å². The minimum atomic E-state index is -1.43. The summed E-state index contributed by atoms with van der Waals surface area (Å²) in [6.45, 7) is 1.78. The number of aliphatic hydroxyl groups excluding tert-OH is 1. The van der Waals surface area contributed by atoms with Gasteiger partial charge in [0.15, 0.2) is 6.10 Å². The fraction of sp³-hybridized carbons (Fsp3) is 0.300. The largest absolute Gasteiger partial charge is 0.479 e. The second kappa shape index (κ2) is 4.48. The zero-order valence-corrected chi connectivity index (χ0v) is 8.84. The Hall–Kier alpha value is -1.00. The Morgan fingerprint density at radius 2 is 2.14 bits per heavy atom. The molecule has 0 bridgehead atoms.